The first kappa shape index (κ1) is 21.2. The lowest BCUT2D eigenvalue weighted by atomic mass is 9.87. The van der Waals surface area contributed by atoms with Crippen molar-refractivity contribution in [2.45, 2.75) is 78.9 Å². The standard InChI is InChI=1S/C24H31N3O2S/c1-13-19(22(15(3)28)29-24(4,5)6)20(17-12-25-27(7)14(17)2)21-16-10-8-9-11-18(16)30-23(21)26-13/h12,22H,8-11H2,1-7H3. The van der Waals surface area contributed by atoms with Crippen LogP contribution in [0, 0.1) is 13.8 Å². The van der Waals surface area contributed by atoms with E-state index < -0.39 is 11.7 Å². The molecule has 6 heteroatoms. The van der Waals surface area contributed by atoms with Gasteiger partial charge in [-0.3, -0.25) is 9.48 Å². The van der Waals surface area contributed by atoms with E-state index in [9.17, 15) is 4.79 Å². The van der Waals surface area contributed by atoms with Gasteiger partial charge in [0.1, 0.15) is 10.9 Å². The van der Waals surface area contributed by atoms with E-state index in [0.717, 1.165) is 45.8 Å². The minimum atomic E-state index is -0.657. The molecule has 0 amide bonds. The second kappa shape index (κ2) is 7.57. The van der Waals surface area contributed by atoms with Crippen LogP contribution in [0.15, 0.2) is 6.20 Å². The SMILES string of the molecule is CC(=O)C(OC(C)(C)C)c1c(C)nc2sc3c(c2c1-c1cnn(C)c1C)CCCC3. The molecule has 3 aromatic heterocycles. The Hall–Kier alpha value is -2.05. The fraction of sp³-hybridized carbons (Fsp3) is 0.542. The molecule has 0 saturated carbocycles. The molecular formula is C24H31N3O2S. The van der Waals surface area contributed by atoms with Gasteiger partial charge in [0.25, 0.3) is 0 Å². The molecule has 5 nitrogen and oxygen atoms in total. The smallest absolute Gasteiger partial charge is 0.163 e. The molecule has 1 unspecified atom stereocenters. The second-order valence-corrected chi connectivity index (χ2v) is 10.4. The number of aromatic nitrogens is 3. The molecule has 1 atom stereocenters. The third kappa shape index (κ3) is 3.60. The maximum atomic E-state index is 12.8. The van der Waals surface area contributed by atoms with Gasteiger partial charge in [0.15, 0.2) is 5.78 Å². The highest BCUT2D eigenvalue weighted by molar-refractivity contribution is 7.19. The molecule has 0 spiro atoms. The molecule has 0 aromatic carbocycles. The highest BCUT2D eigenvalue weighted by atomic mass is 32.1. The van der Waals surface area contributed by atoms with E-state index in [0.29, 0.717) is 0 Å². The summed E-state index contributed by atoms with van der Waals surface area (Å²) in [6.07, 6.45) is 5.88. The van der Waals surface area contributed by atoms with Gasteiger partial charge in [0.2, 0.25) is 0 Å². The average molecular weight is 426 g/mol. The van der Waals surface area contributed by atoms with E-state index in [4.69, 9.17) is 9.72 Å². The van der Waals surface area contributed by atoms with Gasteiger partial charge in [-0.1, -0.05) is 0 Å². The van der Waals surface area contributed by atoms with Crippen LogP contribution in [0.2, 0.25) is 0 Å². The number of pyridine rings is 1. The number of nitrogens with zero attached hydrogens (tertiary/aromatic N) is 3. The van der Waals surface area contributed by atoms with Crippen LogP contribution in [0.25, 0.3) is 21.3 Å². The maximum absolute atomic E-state index is 12.8. The fourth-order valence-corrected chi connectivity index (χ4v) is 5.78. The van der Waals surface area contributed by atoms with E-state index in [-0.39, 0.29) is 5.78 Å². The molecular weight excluding hydrogens is 394 g/mol. The molecule has 1 aliphatic rings. The molecule has 1 aliphatic carbocycles. The Balaban J connectivity index is 2.11. The van der Waals surface area contributed by atoms with Crippen LogP contribution < -0.4 is 0 Å². The molecule has 0 bridgehead atoms. The number of Topliss-reactive ketones (excluding diaryl/α,β-unsaturated/α-hetero) is 1. The summed E-state index contributed by atoms with van der Waals surface area (Å²) in [6, 6.07) is 0. The van der Waals surface area contributed by atoms with Crippen LogP contribution >= 0.6 is 11.3 Å². The van der Waals surface area contributed by atoms with Crippen LogP contribution in [0.5, 0.6) is 0 Å². The second-order valence-electron chi connectivity index (χ2n) is 9.37. The van der Waals surface area contributed by atoms with E-state index in [2.05, 4.69) is 12.0 Å². The number of fused-ring (bicyclic) bond motifs is 3. The van der Waals surface area contributed by atoms with Crippen LogP contribution in [-0.2, 0) is 29.4 Å². The lowest BCUT2D eigenvalue weighted by Gasteiger charge is -2.29. The number of aryl methyl sites for hydroxylation is 4. The number of hydrogen-bond acceptors (Lipinski definition) is 5. The first-order valence-electron chi connectivity index (χ1n) is 10.7. The van der Waals surface area contributed by atoms with Crippen molar-refractivity contribution in [1.82, 2.24) is 14.8 Å². The number of carbonyl (C=O) groups is 1. The summed E-state index contributed by atoms with van der Waals surface area (Å²) in [6.45, 7) is 11.7. The van der Waals surface area contributed by atoms with Gasteiger partial charge < -0.3 is 4.74 Å². The number of rotatable bonds is 4. The van der Waals surface area contributed by atoms with E-state index in [1.54, 1.807) is 6.92 Å². The lowest BCUT2D eigenvalue weighted by Crippen LogP contribution is -2.27. The topological polar surface area (TPSA) is 57.0 Å². The van der Waals surface area contributed by atoms with Crippen molar-refractivity contribution in [1.29, 1.82) is 0 Å². The Morgan fingerprint density at radius 3 is 2.53 bits per heavy atom. The Morgan fingerprint density at radius 1 is 1.23 bits per heavy atom. The Morgan fingerprint density at radius 2 is 1.93 bits per heavy atom. The zero-order valence-corrected chi connectivity index (χ0v) is 19.9. The number of ketones is 1. The van der Waals surface area contributed by atoms with Crippen molar-refractivity contribution < 1.29 is 9.53 Å². The molecule has 0 fully saturated rings. The van der Waals surface area contributed by atoms with Crippen molar-refractivity contribution in [2.24, 2.45) is 7.05 Å². The summed E-state index contributed by atoms with van der Waals surface area (Å²) in [7, 11) is 1.96. The largest absolute Gasteiger partial charge is 0.360 e. The molecule has 0 N–H and O–H groups in total. The Bertz CT molecular complexity index is 1130. The van der Waals surface area contributed by atoms with Crippen LogP contribution in [0.4, 0.5) is 0 Å². The molecule has 160 valence electrons. The van der Waals surface area contributed by atoms with Crippen molar-refractivity contribution in [3.05, 3.63) is 33.6 Å². The zero-order valence-electron chi connectivity index (χ0n) is 19.0. The first-order chi connectivity index (χ1) is 14.1. The van der Waals surface area contributed by atoms with Gasteiger partial charge in [-0.15, -0.1) is 11.3 Å². The summed E-state index contributed by atoms with van der Waals surface area (Å²) in [5, 5.41) is 5.72. The minimum absolute atomic E-state index is 0.000987. The number of carbonyl (C=O) groups excluding carboxylic acids is 1. The summed E-state index contributed by atoms with van der Waals surface area (Å²) in [5.41, 5.74) is 5.96. The number of hydrogen-bond donors (Lipinski definition) is 0. The number of thiophene rings is 1. The predicted octanol–water partition coefficient (Wildman–Crippen LogP) is 5.64. The van der Waals surface area contributed by atoms with E-state index in [1.165, 1.54) is 28.7 Å². The normalized spacial score (nSPS) is 15.4. The van der Waals surface area contributed by atoms with Gasteiger partial charge in [0.05, 0.1) is 11.8 Å². The van der Waals surface area contributed by atoms with Crippen molar-refractivity contribution in [2.75, 3.05) is 0 Å². The molecule has 0 radical (unpaired) electrons. The third-order valence-electron chi connectivity index (χ3n) is 5.94. The fourth-order valence-electron chi connectivity index (χ4n) is 4.46. The molecule has 30 heavy (non-hydrogen) atoms. The predicted molar refractivity (Wildman–Crippen MR) is 122 cm³/mol. The summed E-state index contributed by atoms with van der Waals surface area (Å²) >= 11 is 1.81. The Labute approximate surface area is 182 Å². The van der Waals surface area contributed by atoms with E-state index in [1.807, 2.05) is 57.0 Å². The summed E-state index contributed by atoms with van der Waals surface area (Å²) in [5.74, 6) is 0.000987. The van der Waals surface area contributed by atoms with Gasteiger partial charge in [-0.05, 0) is 72.8 Å². The maximum Gasteiger partial charge on any atom is 0.163 e. The van der Waals surface area contributed by atoms with Crippen LogP contribution in [0.1, 0.15) is 74.0 Å². The van der Waals surface area contributed by atoms with Gasteiger partial charge in [0, 0.05) is 45.4 Å². The van der Waals surface area contributed by atoms with E-state index >= 15 is 0 Å². The van der Waals surface area contributed by atoms with Gasteiger partial charge in [-0.2, -0.15) is 5.10 Å². The zero-order chi connectivity index (χ0) is 21.8. The van der Waals surface area contributed by atoms with Gasteiger partial charge in [-0.25, -0.2) is 4.98 Å². The third-order valence-corrected chi connectivity index (χ3v) is 7.12. The molecule has 3 aromatic rings. The minimum Gasteiger partial charge on any atom is -0.360 e. The highest BCUT2D eigenvalue weighted by Crippen LogP contribution is 2.46. The summed E-state index contributed by atoms with van der Waals surface area (Å²) in [4.78, 5) is 20.3. The van der Waals surface area contributed by atoms with Crippen molar-refractivity contribution >= 4 is 27.3 Å². The molecule has 0 aliphatic heterocycles. The molecule has 0 saturated heterocycles. The van der Waals surface area contributed by atoms with Crippen molar-refractivity contribution in [3.8, 4) is 11.1 Å². The average Bonchev–Trinajstić information content (AvgIpc) is 3.18. The molecule has 4 rings (SSSR count). The van der Waals surface area contributed by atoms with Crippen molar-refractivity contribution in [3.63, 3.8) is 0 Å². The quantitative estimate of drug-likeness (QED) is 0.543. The lowest BCUT2D eigenvalue weighted by molar-refractivity contribution is -0.138. The van der Waals surface area contributed by atoms with Crippen LogP contribution in [-0.4, -0.2) is 26.1 Å². The summed E-state index contributed by atoms with van der Waals surface area (Å²) < 4.78 is 8.23. The van der Waals surface area contributed by atoms with Crippen LogP contribution in [0.3, 0.4) is 0 Å². The number of ether oxygens (including phenoxy) is 1. The first-order valence-corrected chi connectivity index (χ1v) is 11.5. The molecule has 3 heterocycles. The van der Waals surface area contributed by atoms with Gasteiger partial charge >= 0.3 is 0 Å². The highest BCUT2D eigenvalue weighted by Gasteiger charge is 2.33. The monoisotopic (exact) mass is 425 g/mol. The Kier molecular flexibility index (Phi) is 5.35.